The molecule has 0 aromatic heterocycles. The minimum absolute atomic E-state index is 0.0156. The monoisotopic (exact) mass is 193 g/mol. The first-order chi connectivity index (χ1) is 6.48. The number of rotatable bonds is 1. The maximum Gasteiger partial charge on any atom is 0.114 e. The number of hydrogen-bond donors (Lipinski definition) is 1. The van der Waals surface area contributed by atoms with Gasteiger partial charge in [-0.25, -0.2) is 4.39 Å². The molecule has 1 heterocycles. The van der Waals surface area contributed by atoms with E-state index in [0.29, 0.717) is 6.54 Å². The van der Waals surface area contributed by atoms with Crippen molar-refractivity contribution in [3.63, 3.8) is 0 Å². The molecule has 0 aliphatic carbocycles. The number of halogens is 1. The van der Waals surface area contributed by atoms with E-state index in [9.17, 15) is 4.39 Å². The molecule has 1 aliphatic heterocycles. The van der Waals surface area contributed by atoms with Gasteiger partial charge in [0.1, 0.15) is 5.67 Å². The van der Waals surface area contributed by atoms with Crippen LogP contribution in [0.25, 0.3) is 0 Å². The van der Waals surface area contributed by atoms with E-state index < -0.39 is 5.67 Å². The van der Waals surface area contributed by atoms with Crippen LogP contribution in [-0.2, 0) is 0 Å². The number of alkyl halides is 1. The first-order valence-corrected chi connectivity index (χ1v) is 5.02. The summed E-state index contributed by atoms with van der Waals surface area (Å²) in [7, 11) is 0. The van der Waals surface area contributed by atoms with Gasteiger partial charge >= 0.3 is 0 Å². The smallest absolute Gasteiger partial charge is 0.114 e. The third kappa shape index (κ3) is 1.49. The van der Waals surface area contributed by atoms with E-state index in [0.717, 1.165) is 11.3 Å². The van der Waals surface area contributed by atoms with Crippen LogP contribution in [0, 0.1) is 6.92 Å². The topological polar surface area (TPSA) is 12.0 Å². The quantitative estimate of drug-likeness (QED) is 0.722. The largest absolute Gasteiger partial charge is 0.384 e. The van der Waals surface area contributed by atoms with Gasteiger partial charge in [0.25, 0.3) is 0 Å². The highest BCUT2D eigenvalue weighted by Crippen LogP contribution is 2.40. The van der Waals surface area contributed by atoms with Crippen LogP contribution in [0.3, 0.4) is 0 Å². The molecule has 0 saturated carbocycles. The van der Waals surface area contributed by atoms with Crippen LogP contribution >= 0.6 is 0 Å². The van der Waals surface area contributed by atoms with E-state index in [2.05, 4.69) is 18.3 Å². The Balaban J connectivity index is 2.41. The second kappa shape index (κ2) is 2.97. The predicted molar refractivity (Wildman–Crippen MR) is 57.6 cm³/mol. The van der Waals surface area contributed by atoms with Gasteiger partial charge in [0.05, 0.1) is 0 Å². The number of aryl methyl sites for hydroxylation is 1. The molecule has 1 aliphatic rings. The van der Waals surface area contributed by atoms with Gasteiger partial charge in [-0.1, -0.05) is 12.1 Å². The van der Waals surface area contributed by atoms with E-state index >= 15 is 0 Å². The summed E-state index contributed by atoms with van der Waals surface area (Å²) in [6, 6.07) is 6.17. The summed E-state index contributed by atoms with van der Waals surface area (Å²) in [5.74, 6) is -0.0156. The Morgan fingerprint density at radius 2 is 2.14 bits per heavy atom. The third-order valence-corrected chi connectivity index (χ3v) is 2.91. The Hall–Kier alpha value is -1.05. The molecule has 0 spiro atoms. The van der Waals surface area contributed by atoms with Crippen LogP contribution in [0.4, 0.5) is 10.1 Å². The second-order valence-electron chi connectivity index (χ2n) is 4.59. The lowest BCUT2D eigenvalue weighted by Gasteiger charge is -2.22. The Bertz CT molecular complexity index is 352. The van der Waals surface area contributed by atoms with Crippen LogP contribution in [-0.4, -0.2) is 12.2 Å². The summed E-state index contributed by atoms with van der Waals surface area (Å²) in [4.78, 5) is 0. The van der Waals surface area contributed by atoms with Crippen molar-refractivity contribution in [1.82, 2.24) is 0 Å². The Kier molecular flexibility index (Phi) is 2.02. The van der Waals surface area contributed by atoms with Crippen LogP contribution in [0.2, 0.25) is 0 Å². The zero-order valence-corrected chi connectivity index (χ0v) is 8.89. The molecule has 0 saturated heterocycles. The van der Waals surface area contributed by atoms with Gasteiger partial charge in [0.2, 0.25) is 0 Å². The van der Waals surface area contributed by atoms with Gasteiger partial charge in [-0.05, 0) is 38.0 Å². The van der Waals surface area contributed by atoms with E-state index in [-0.39, 0.29) is 5.92 Å². The summed E-state index contributed by atoms with van der Waals surface area (Å²) in [6.45, 7) is 6.06. The minimum atomic E-state index is -1.15. The van der Waals surface area contributed by atoms with Gasteiger partial charge in [-0.15, -0.1) is 0 Å². The summed E-state index contributed by atoms with van der Waals surface area (Å²) in [6.07, 6.45) is 0. The number of benzene rings is 1. The fraction of sp³-hybridized carbons (Fsp3) is 0.500. The molecule has 0 amide bonds. The first-order valence-electron chi connectivity index (χ1n) is 5.02. The molecule has 0 fully saturated rings. The SMILES string of the molecule is Cc1ccc2c(c1)NCC2C(C)(C)F. The lowest BCUT2D eigenvalue weighted by atomic mass is 9.87. The van der Waals surface area contributed by atoms with Crippen molar-refractivity contribution in [1.29, 1.82) is 0 Å². The minimum Gasteiger partial charge on any atom is -0.384 e. The van der Waals surface area contributed by atoms with Crippen molar-refractivity contribution in [3.05, 3.63) is 29.3 Å². The average Bonchev–Trinajstić information content (AvgIpc) is 2.45. The van der Waals surface area contributed by atoms with Crippen LogP contribution in [0.5, 0.6) is 0 Å². The molecule has 1 aromatic rings. The molecule has 1 unspecified atom stereocenters. The van der Waals surface area contributed by atoms with Crippen molar-refractivity contribution in [2.45, 2.75) is 32.4 Å². The molecule has 2 rings (SSSR count). The molecule has 1 N–H and O–H groups in total. The van der Waals surface area contributed by atoms with Gasteiger partial charge in [0.15, 0.2) is 0 Å². The number of nitrogens with one attached hydrogen (secondary N) is 1. The lowest BCUT2D eigenvalue weighted by molar-refractivity contribution is 0.180. The summed E-state index contributed by atoms with van der Waals surface area (Å²) in [5, 5.41) is 3.26. The fourth-order valence-electron chi connectivity index (χ4n) is 2.06. The van der Waals surface area contributed by atoms with Crippen molar-refractivity contribution >= 4 is 5.69 Å². The number of hydrogen-bond acceptors (Lipinski definition) is 1. The highest BCUT2D eigenvalue weighted by Gasteiger charge is 2.35. The van der Waals surface area contributed by atoms with Crippen LogP contribution < -0.4 is 5.32 Å². The molecule has 14 heavy (non-hydrogen) atoms. The van der Waals surface area contributed by atoms with Crippen molar-refractivity contribution in [2.24, 2.45) is 0 Å². The predicted octanol–water partition coefficient (Wildman–Crippen LogP) is 3.25. The standard InChI is InChI=1S/C12H16FN/c1-8-4-5-9-10(12(2,3)13)7-14-11(9)6-8/h4-6,10,14H,7H2,1-3H3. The summed E-state index contributed by atoms with van der Waals surface area (Å²) >= 11 is 0. The average molecular weight is 193 g/mol. The maximum absolute atomic E-state index is 13.8. The van der Waals surface area contributed by atoms with Crippen molar-refractivity contribution < 1.29 is 4.39 Å². The molecule has 0 bridgehead atoms. The lowest BCUT2D eigenvalue weighted by Crippen LogP contribution is -2.25. The van der Waals surface area contributed by atoms with E-state index in [1.165, 1.54) is 5.56 Å². The van der Waals surface area contributed by atoms with Gasteiger partial charge in [0, 0.05) is 18.2 Å². The molecule has 76 valence electrons. The molecule has 1 nitrogen and oxygen atoms in total. The zero-order valence-electron chi connectivity index (χ0n) is 8.89. The Labute approximate surface area is 84.3 Å². The van der Waals surface area contributed by atoms with E-state index in [1.807, 2.05) is 12.1 Å². The maximum atomic E-state index is 13.8. The van der Waals surface area contributed by atoms with Crippen LogP contribution in [0.15, 0.2) is 18.2 Å². The highest BCUT2D eigenvalue weighted by molar-refractivity contribution is 5.60. The molecule has 2 heteroatoms. The fourth-order valence-corrected chi connectivity index (χ4v) is 2.06. The van der Waals surface area contributed by atoms with Gasteiger partial charge < -0.3 is 5.32 Å². The molecule has 1 aromatic carbocycles. The molecular weight excluding hydrogens is 177 g/mol. The van der Waals surface area contributed by atoms with Crippen molar-refractivity contribution in [2.75, 3.05) is 11.9 Å². The summed E-state index contributed by atoms with van der Waals surface area (Å²) in [5.41, 5.74) is 2.28. The molecule has 0 radical (unpaired) electrons. The normalized spacial score (nSPS) is 20.4. The summed E-state index contributed by atoms with van der Waals surface area (Å²) < 4.78 is 13.8. The third-order valence-electron chi connectivity index (χ3n) is 2.91. The number of anilines is 1. The van der Waals surface area contributed by atoms with Gasteiger partial charge in [-0.3, -0.25) is 0 Å². The molecule has 1 atom stereocenters. The van der Waals surface area contributed by atoms with Crippen LogP contribution in [0.1, 0.15) is 30.9 Å². The second-order valence-corrected chi connectivity index (χ2v) is 4.59. The zero-order chi connectivity index (χ0) is 10.3. The highest BCUT2D eigenvalue weighted by atomic mass is 19.1. The Morgan fingerprint density at radius 3 is 2.79 bits per heavy atom. The van der Waals surface area contributed by atoms with E-state index in [1.54, 1.807) is 13.8 Å². The number of fused-ring (bicyclic) bond motifs is 1. The van der Waals surface area contributed by atoms with Crippen molar-refractivity contribution in [3.8, 4) is 0 Å². The van der Waals surface area contributed by atoms with Gasteiger partial charge in [-0.2, -0.15) is 0 Å². The molecular formula is C12H16FN. The first kappa shape index (κ1) is 9.50. The van der Waals surface area contributed by atoms with E-state index in [4.69, 9.17) is 0 Å². The Morgan fingerprint density at radius 1 is 1.43 bits per heavy atom.